The number of hydrogen-bond acceptors (Lipinski definition) is 7. The zero-order valence-electron chi connectivity index (χ0n) is 16.0. The van der Waals surface area contributed by atoms with Crippen molar-refractivity contribution in [2.24, 2.45) is 0 Å². The number of benzene rings is 2. The molecular formula is C21H17FN4O2S2. The van der Waals surface area contributed by atoms with E-state index in [4.69, 9.17) is 14.5 Å². The molecule has 1 aliphatic heterocycles. The van der Waals surface area contributed by atoms with Crippen molar-refractivity contribution in [3.05, 3.63) is 59.4 Å². The van der Waals surface area contributed by atoms with Crippen LogP contribution < -0.4 is 9.47 Å². The molecule has 0 unspecified atom stereocenters. The van der Waals surface area contributed by atoms with Gasteiger partial charge in [0.2, 0.25) is 6.79 Å². The molecule has 6 nitrogen and oxygen atoms in total. The molecule has 152 valence electrons. The van der Waals surface area contributed by atoms with Crippen LogP contribution >= 0.6 is 23.1 Å². The van der Waals surface area contributed by atoms with Gasteiger partial charge in [0.25, 0.3) is 0 Å². The van der Waals surface area contributed by atoms with Gasteiger partial charge >= 0.3 is 0 Å². The molecule has 0 aliphatic carbocycles. The summed E-state index contributed by atoms with van der Waals surface area (Å²) >= 11 is 3.18. The van der Waals surface area contributed by atoms with Crippen LogP contribution in [0.5, 0.6) is 11.5 Å². The molecule has 4 aromatic rings. The molecule has 0 fully saturated rings. The molecule has 0 radical (unpaired) electrons. The lowest BCUT2D eigenvalue weighted by molar-refractivity contribution is 0.174. The highest BCUT2D eigenvalue weighted by Gasteiger charge is 2.17. The maximum atomic E-state index is 13.2. The molecule has 0 amide bonds. The van der Waals surface area contributed by atoms with Gasteiger partial charge in [-0.1, -0.05) is 11.8 Å². The van der Waals surface area contributed by atoms with Crippen LogP contribution in [0.3, 0.4) is 0 Å². The quantitative estimate of drug-likeness (QED) is 0.382. The average Bonchev–Trinajstić information content (AvgIpc) is 3.51. The molecule has 2 aromatic heterocycles. The van der Waals surface area contributed by atoms with Crippen molar-refractivity contribution in [3.8, 4) is 33.5 Å². The van der Waals surface area contributed by atoms with Crippen LogP contribution in [0.15, 0.2) is 53.0 Å². The maximum Gasteiger partial charge on any atom is 0.231 e. The van der Waals surface area contributed by atoms with Gasteiger partial charge in [-0.15, -0.1) is 21.5 Å². The van der Waals surface area contributed by atoms with Gasteiger partial charge in [-0.05, 0) is 49.4 Å². The number of ether oxygens (including phenoxy) is 2. The first-order valence-corrected chi connectivity index (χ1v) is 11.2. The van der Waals surface area contributed by atoms with E-state index in [0.29, 0.717) is 5.75 Å². The topological polar surface area (TPSA) is 62.1 Å². The normalized spacial score (nSPS) is 12.5. The van der Waals surface area contributed by atoms with Crippen LogP contribution in [0.25, 0.3) is 22.0 Å². The molecule has 0 spiro atoms. The van der Waals surface area contributed by atoms with Gasteiger partial charge in [-0.3, -0.25) is 0 Å². The third kappa shape index (κ3) is 3.66. The molecule has 2 aromatic carbocycles. The van der Waals surface area contributed by atoms with Crippen molar-refractivity contribution in [2.45, 2.75) is 24.4 Å². The van der Waals surface area contributed by atoms with Crippen molar-refractivity contribution in [1.82, 2.24) is 19.7 Å². The SMILES string of the molecule is CCn1c(SCc2csc(-c3ccc4c(c3)OCO4)n2)nnc1-c1ccc(F)cc1. The molecule has 0 atom stereocenters. The van der Waals surface area contributed by atoms with Gasteiger partial charge in [0.05, 0.1) is 5.69 Å². The Hall–Kier alpha value is -2.91. The van der Waals surface area contributed by atoms with E-state index in [-0.39, 0.29) is 12.6 Å². The van der Waals surface area contributed by atoms with E-state index in [2.05, 4.69) is 15.6 Å². The summed E-state index contributed by atoms with van der Waals surface area (Å²) in [6.07, 6.45) is 0. The van der Waals surface area contributed by atoms with E-state index in [1.54, 1.807) is 35.2 Å². The summed E-state index contributed by atoms with van der Waals surface area (Å²) in [5, 5.41) is 12.5. The summed E-state index contributed by atoms with van der Waals surface area (Å²) in [6, 6.07) is 12.2. The molecule has 0 saturated carbocycles. The molecule has 9 heteroatoms. The Kier molecular flexibility index (Phi) is 5.14. The Balaban J connectivity index is 1.32. The first-order valence-electron chi connectivity index (χ1n) is 9.37. The standard InChI is InChI=1S/C21H17FN4O2S2/c1-2-26-19(13-3-6-15(22)7-4-13)24-25-21(26)30-11-16-10-29-20(23-16)14-5-8-17-18(9-14)28-12-27-17/h3-10H,2,11-12H2,1H3. The van der Waals surface area contributed by atoms with Crippen LogP contribution in [0, 0.1) is 5.82 Å². The Labute approximate surface area is 180 Å². The molecule has 0 bridgehead atoms. The number of aromatic nitrogens is 4. The van der Waals surface area contributed by atoms with Crippen molar-refractivity contribution in [1.29, 1.82) is 0 Å². The fourth-order valence-corrected chi connectivity index (χ4v) is 4.98. The lowest BCUT2D eigenvalue weighted by Crippen LogP contribution is -2.00. The zero-order chi connectivity index (χ0) is 20.5. The zero-order valence-corrected chi connectivity index (χ0v) is 17.7. The molecule has 30 heavy (non-hydrogen) atoms. The second-order valence-electron chi connectivity index (χ2n) is 6.56. The Morgan fingerprint density at radius 2 is 1.87 bits per heavy atom. The molecular weight excluding hydrogens is 423 g/mol. The number of thioether (sulfide) groups is 1. The van der Waals surface area contributed by atoms with Crippen LogP contribution in [0.4, 0.5) is 4.39 Å². The van der Waals surface area contributed by atoms with E-state index in [1.165, 1.54) is 12.1 Å². The summed E-state index contributed by atoms with van der Waals surface area (Å²) in [6.45, 7) is 3.03. The monoisotopic (exact) mass is 440 g/mol. The predicted molar refractivity (Wildman–Crippen MR) is 114 cm³/mol. The fourth-order valence-electron chi connectivity index (χ4n) is 3.17. The second kappa shape index (κ2) is 8.08. The van der Waals surface area contributed by atoms with E-state index >= 15 is 0 Å². The Morgan fingerprint density at radius 1 is 1.07 bits per heavy atom. The average molecular weight is 441 g/mol. The van der Waals surface area contributed by atoms with Gasteiger partial charge in [-0.2, -0.15) is 0 Å². The summed E-state index contributed by atoms with van der Waals surface area (Å²) in [5.41, 5.74) is 2.83. The largest absolute Gasteiger partial charge is 0.454 e. The Bertz CT molecular complexity index is 1190. The highest BCUT2D eigenvalue weighted by atomic mass is 32.2. The van der Waals surface area contributed by atoms with Crippen molar-refractivity contribution >= 4 is 23.1 Å². The predicted octanol–water partition coefficient (Wildman–Crippen LogP) is 5.25. The Morgan fingerprint density at radius 3 is 2.70 bits per heavy atom. The highest BCUT2D eigenvalue weighted by Crippen LogP contribution is 2.37. The number of fused-ring (bicyclic) bond motifs is 1. The molecule has 0 saturated heterocycles. The first kappa shape index (κ1) is 19.1. The van der Waals surface area contributed by atoms with E-state index in [0.717, 1.165) is 50.9 Å². The number of halogens is 1. The van der Waals surface area contributed by atoms with E-state index in [9.17, 15) is 4.39 Å². The van der Waals surface area contributed by atoms with Crippen molar-refractivity contribution in [3.63, 3.8) is 0 Å². The minimum absolute atomic E-state index is 0.260. The van der Waals surface area contributed by atoms with Gasteiger partial charge in [-0.25, -0.2) is 9.37 Å². The minimum Gasteiger partial charge on any atom is -0.454 e. The number of thiazole rings is 1. The molecule has 5 rings (SSSR count). The third-order valence-corrected chi connectivity index (χ3v) is 6.60. The minimum atomic E-state index is -0.266. The lowest BCUT2D eigenvalue weighted by atomic mass is 10.2. The van der Waals surface area contributed by atoms with E-state index < -0.39 is 0 Å². The maximum absolute atomic E-state index is 13.2. The van der Waals surface area contributed by atoms with Crippen LogP contribution in [-0.4, -0.2) is 26.5 Å². The number of nitrogens with zero attached hydrogens (tertiary/aromatic N) is 4. The van der Waals surface area contributed by atoms with Gasteiger partial charge in [0.1, 0.15) is 10.8 Å². The molecule has 3 heterocycles. The highest BCUT2D eigenvalue weighted by molar-refractivity contribution is 7.98. The smallest absolute Gasteiger partial charge is 0.231 e. The summed E-state index contributed by atoms with van der Waals surface area (Å²) in [7, 11) is 0. The van der Waals surface area contributed by atoms with Gasteiger partial charge in [0, 0.05) is 28.8 Å². The first-order chi connectivity index (χ1) is 14.7. The molecule has 0 N–H and O–H groups in total. The van der Waals surface area contributed by atoms with Crippen LogP contribution in [0.1, 0.15) is 12.6 Å². The summed E-state index contributed by atoms with van der Waals surface area (Å²) < 4.78 is 26.1. The number of rotatable bonds is 6. The van der Waals surface area contributed by atoms with Crippen molar-refractivity contribution in [2.75, 3.05) is 6.79 Å². The van der Waals surface area contributed by atoms with Gasteiger partial charge in [0.15, 0.2) is 22.5 Å². The second-order valence-corrected chi connectivity index (χ2v) is 8.36. The summed E-state index contributed by atoms with van der Waals surface area (Å²) in [4.78, 5) is 4.75. The number of hydrogen-bond donors (Lipinski definition) is 0. The third-order valence-electron chi connectivity index (χ3n) is 4.66. The summed E-state index contributed by atoms with van der Waals surface area (Å²) in [5.74, 6) is 2.67. The molecule has 1 aliphatic rings. The van der Waals surface area contributed by atoms with Gasteiger partial charge < -0.3 is 14.0 Å². The van der Waals surface area contributed by atoms with Crippen molar-refractivity contribution < 1.29 is 13.9 Å². The van der Waals surface area contributed by atoms with Crippen LogP contribution in [-0.2, 0) is 12.3 Å². The fraction of sp³-hybridized carbons (Fsp3) is 0.190. The van der Waals surface area contributed by atoms with E-state index in [1.807, 2.05) is 29.7 Å². The lowest BCUT2D eigenvalue weighted by Gasteiger charge is -2.06. The van der Waals surface area contributed by atoms with Crippen LogP contribution in [0.2, 0.25) is 0 Å².